The van der Waals surface area contributed by atoms with Gasteiger partial charge in [0.05, 0.1) is 0 Å². The smallest absolute Gasteiger partial charge is 0.319 e. The molecule has 0 N–H and O–H groups in total. The third kappa shape index (κ3) is 2.99. The van der Waals surface area contributed by atoms with Gasteiger partial charge in [0.15, 0.2) is 11.7 Å². The first kappa shape index (κ1) is 27.6. The minimum Gasteiger partial charge on any atom is -0.319 e. The minimum atomic E-state index is -0.610. The largest absolute Gasteiger partial charge is 0.499 e. The van der Waals surface area contributed by atoms with Crippen molar-refractivity contribution >= 4 is 62.7 Å². The van der Waals surface area contributed by atoms with Gasteiger partial charge in [-0.2, -0.15) is 0 Å². The molecule has 0 saturated heterocycles. The van der Waals surface area contributed by atoms with Gasteiger partial charge >= 0.3 is 6.40 Å². The molecule has 0 amide bonds. The van der Waals surface area contributed by atoms with Gasteiger partial charge in [0, 0.05) is 32.7 Å². The van der Waals surface area contributed by atoms with Crippen LogP contribution in [0.3, 0.4) is 0 Å². The third-order valence-electron chi connectivity index (χ3n) is 11.6. The van der Waals surface area contributed by atoms with E-state index in [2.05, 4.69) is 92.0 Å². The zero-order valence-electron chi connectivity index (χ0n) is 27.6. The Morgan fingerprint density at radius 2 is 0.750 bits per heavy atom. The number of hydrogen-bond acceptors (Lipinski definition) is 4. The van der Waals surface area contributed by atoms with E-state index in [0.717, 1.165) is 55.3 Å². The molecule has 0 saturated carbocycles. The number of aliphatic imine (C=N–C) groups is 2. The van der Waals surface area contributed by atoms with Gasteiger partial charge in [0.1, 0.15) is 22.6 Å². The molecule has 0 spiro atoms. The summed E-state index contributed by atoms with van der Waals surface area (Å²) >= 11 is 7.68. The highest BCUT2D eigenvalue weighted by molar-refractivity contribution is 7.05. The molecule has 8 rings (SSSR count). The molecule has 5 aromatic rings. The number of aryl methyl sites for hydroxylation is 4. The predicted molar refractivity (Wildman–Crippen MR) is 184 cm³/mol. The number of benzene rings is 3. The monoisotopic (exact) mass is 598 g/mol. The van der Waals surface area contributed by atoms with Gasteiger partial charge in [0.2, 0.25) is 0 Å². The molecule has 0 radical (unpaired) electrons. The Morgan fingerprint density at radius 1 is 0.386 bits per heavy atom. The van der Waals surface area contributed by atoms with Gasteiger partial charge < -0.3 is 8.96 Å². The van der Waals surface area contributed by atoms with E-state index < -0.39 is 6.40 Å². The Balaban J connectivity index is 1.74. The summed E-state index contributed by atoms with van der Waals surface area (Å²) in [5.74, 6) is 3.05. The van der Waals surface area contributed by atoms with Gasteiger partial charge in [-0.1, -0.05) is 0 Å². The van der Waals surface area contributed by atoms with Crippen molar-refractivity contribution in [1.82, 2.24) is 8.96 Å². The normalized spacial score (nSPS) is 14.6. The molecule has 8 heteroatoms. The molecule has 2 aromatic heterocycles. The molecule has 3 aliphatic rings. The van der Waals surface area contributed by atoms with Crippen molar-refractivity contribution in [2.75, 3.05) is 0 Å². The average Bonchev–Trinajstić information content (AvgIpc) is 3.63. The maximum atomic E-state index is 7.68. The van der Waals surface area contributed by atoms with Crippen LogP contribution in [0.15, 0.2) is 20.0 Å². The second-order valence-electron chi connectivity index (χ2n) is 13.2. The summed E-state index contributed by atoms with van der Waals surface area (Å²) in [5.41, 5.74) is 18.6. The lowest BCUT2D eigenvalue weighted by Crippen LogP contribution is -2.45. The van der Waals surface area contributed by atoms with Crippen molar-refractivity contribution in [3.63, 3.8) is 0 Å². The Morgan fingerprint density at radius 3 is 1.23 bits per heavy atom. The molecule has 44 heavy (non-hydrogen) atoms. The van der Waals surface area contributed by atoms with Crippen molar-refractivity contribution < 1.29 is 0 Å². The highest BCUT2D eigenvalue weighted by Gasteiger charge is 2.38. The van der Waals surface area contributed by atoms with Crippen LogP contribution in [0.2, 0.25) is 0 Å². The molecule has 3 aliphatic heterocycles. The number of aromatic nitrogens is 2. The van der Waals surface area contributed by atoms with Crippen LogP contribution in [0.4, 0.5) is 11.6 Å². The van der Waals surface area contributed by atoms with E-state index in [0.29, 0.717) is 11.7 Å². The van der Waals surface area contributed by atoms with E-state index in [1.54, 1.807) is 0 Å². The molecule has 0 aliphatic carbocycles. The second-order valence-corrected chi connectivity index (χ2v) is 13.6. The van der Waals surface area contributed by atoms with Crippen LogP contribution in [0.5, 0.6) is 0 Å². The first-order chi connectivity index (χ1) is 20.8. The molecular weight excluding hydrogens is 563 g/mol. The summed E-state index contributed by atoms with van der Waals surface area (Å²) < 4.78 is 4.24. The van der Waals surface area contributed by atoms with Crippen LogP contribution in [0, 0.1) is 83.1 Å². The van der Waals surface area contributed by atoms with Gasteiger partial charge in [0.25, 0.3) is 0 Å². The Hall–Kier alpha value is -3.97. The fraction of sp³-hybridized carbons (Fsp3) is 0.333. The highest BCUT2D eigenvalue weighted by Crippen LogP contribution is 2.46. The van der Waals surface area contributed by atoms with Crippen LogP contribution in [-0.4, -0.2) is 27.0 Å². The molecule has 6 nitrogen and oxygen atoms in total. The van der Waals surface area contributed by atoms with Crippen LogP contribution in [0.1, 0.15) is 77.9 Å². The van der Waals surface area contributed by atoms with Crippen molar-refractivity contribution in [3.05, 3.63) is 88.9 Å². The number of rotatable bonds is 0. The Kier molecular flexibility index (Phi) is 5.39. The quantitative estimate of drug-likeness (QED) is 0.164. The lowest BCUT2D eigenvalue weighted by molar-refractivity contribution is 0.937. The molecule has 0 fully saturated rings. The second kappa shape index (κ2) is 8.60. The van der Waals surface area contributed by atoms with E-state index in [-0.39, 0.29) is 0 Å². The molecule has 5 heterocycles. The SMILES string of the molecule is Cc1c(C)c(C)c2c(c1C)C1=NC2=Nc2c3c(C)c(C)c(C)c(C)c3c3n2B(Cl)n2c(c4c(C)c(C)c(C)c(C)c4c2=N3)=N1. The van der Waals surface area contributed by atoms with Gasteiger partial charge in [-0.05, 0) is 150 Å². The van der Waals surface area contributed by atoms with Gasteiger partial charge in [-0.3, -0.25) is 0 Å². The summed E-state index contributed by atoms with van der Waals surface area (Å²) in [6.07, 6.45) is -0.610. The Bertz CT molecular complexity index is 2470. The molecule has 0 atom stereocenters. The third-order valence-corrected chi connectivity index (χ3v) is 12.0. The first-order valence-corrected chi connectivity index (χ1v) is 15.9. The zero-order chi connectivity index (χ0) is 31.4. The fourth-order valence-corrected chi connectivity index (χ4v) is 8.30. The van der Waals surface area contributed by atoms with Crippen LogP contribution in [-0.2, 0) is 0 Å². The highest BCUT2D eigenvalue weighted by atomic mass is 35.5. The number of nitrogens with zero attached hydrogens (tertiary/aromatic N) is 6. The Labute approximate surface area is 263 Å². The summed E-state index contributed by atoms with van der Waals surface area (Å²) in [5, 5.41) is 4.42. The number of halogens is 1. The topological polar surface area (TPSA) is 59.3 Å². The number of fused-ring (bicyclic) bond motifs is 10. The average molecular weight is 599 g/mol. The van der Waals surface area contributed by atoms with Crippen molar-refractivity contribution in [3.8, 4) is 0 Å². The maximum absolute atomic E-state index is 7.68. The minimum absolute atomic E-state index is 0.610. The van der Waals surface area contributed by atoms with Gasteiger partial charge in [-0.15, -0.1) is 11.5 Å². The lowest BCUT2D eigenvalue weighted by atomic mass is 9.89. The molecule has 3 aromatic carbocycles. The maximum Gasteiger partial charge on any atom is 0.499 e. The number of hydrogen-bond donors (Lipinski definition) is 0. The van der Waals surface area contributed by atoms with Crippen LogP contribution >= 0.6 is 11.5 Å². The fourth-order valence-electron chi connectivity index (χ4n) is 7.93. The summed E-state index contributed by atoms with van der Waals surface area (Å²) in [6.45, 7) is 26.4. The van der Waals surface area contributed by atoms with E-state index in [1.165, 1.54) is 66.8 Å². The van der Waals surface area contributed by atoms with Crippen LogP contribution < -0.4 is 11.0 Å². The van der Waals surface area contributed by atoms with Gasteiger partial charge in [-0.25, -0.2) is 20.0 Å². The van der Waals surface area contributed by atoms with E-state index >= 15 is 0 Å². The number of amidine groups is 2. The van der Waals surface area contributed by atoms with Crippen LogP contribution in [0.25, 0.3) is 21.5 Å². The van der Waals surface area contributed by atoms with E-state index in [1.807, 2.05) is 0 Å². The van der Waals surface area contributed by atoms with E-state index in [9.17, 15) is 0 Å². The molecule has 0 unspecified atom stereocenters. The first-order valence-electron chi connectivity index (χ1n) is 15.4. The zero-order valence-corrected chi connectivity index (χ0v) is 28.4. The van der Waals surface area contributed by atoms with Crippen molar-refractivity contribution in [2.45, 2.75) is 83.1 Å². The van der Waals surface area contributed by atoms with Crippen molar-refractivity contribution in [1.29, 1.82) is 0 Å². The van der Waals surface area contributed by atoms with E-state index in [4.69, 9.17) is 31.4 Å². The summed E-state index contributed by atoms with van der Waals surface area (Å²) in [7, 11) is 0. The summed E-state index contributed by atoms with van der Waals surface area (Å²) in [6, 6.07) is 0. The molecular formula is C36H36BClN6. The standard InChI is InChI=1S/C36H36BClN6/c1-13-14(2)20(8)26-25(19(13)7)31-39-32(26)41-34-28-22(10)16(4)18(6)24(12)30(28)36-42-35-29-23(11)17(5)15(3)21(9)27(29)33(40-31)43(35)37(38)44(34)36/h1-12H3. The molecule has 220 valence electrons. The summed E-state index contributed by atoms with van der Waals surface area (Å²) in [4.78, 5) is 21.6. The molecule has 4 bridgehead atoms. The predicted octanol–water partition coefficient (Wildman–Crippen LogP) is 7.65. The lowest BCUT2D eigenvalue weighted by Gasteiger charge is -2.18. The van der Waals surface area contributed by atoms with Crippen molar-refractivity contribution in [2.24, 2.45) is 20.0 Å².